The lowest BCUT2D eigenvalue weighted by molar-refractivity contribution is -0.0223. The second kappa shape index (κ2) is 5.05. The van der Waals surface area contributed by atoms with Crippen LogP contribution in [-0.2, 0) is 13.8 Å². The fourth-order valence-electron chi connectivity index (χ4n) is 2.73. The summed E-state index contributed by atoms with van der Waals surface area (Å²) in [6.45, 7) is 5.42. The lowest BCUT2D eigenvalue weighted by Crippen LogP contribution is -2.61. The Morgan fingerprint density at radius 3 is 2.20 bits per heavy atom. The fraction of sp³-hybridized carbons (Fsp3) is 0.923. The van der Waals surface area contributed by atoms with E-state index in [4.69, 9.17) is 15.4 Å². The minimum atomic E-state index is -3.65. The second-order valence-electron chi connectivity index (χ2n) is 6.84. The quantitative estimate of drug-likeness (QED) is 0.746. The number of carbonyl (C=O) groups excluding carboxylic acids is 1. The molecule has 2 fully saturated rings. The van der Waals surface area contributed by atoms with E-state index in [2.05, 4.69) is 0 Å². The highest BCUT2D eigenvalue weighted by molar-refractivity contribution is 8.13. The first kappa shape index (κ1) is 15.9. The molecule has 20 heavy (non-hydrogen) atoms. The van der Waals surface area contributed by atoms with Crippen molar-refractivity contribution in [1.82, 2.24) is 4.90 Å². The molecule has 0 aromatic carbocycles. The van der Waals surface area contributed by atoms with Gasteiger partial charge in [-0.1, -0.05) is 0 Å². The van der Waals surface area contributed by atoms with E-state index >= 15 is 0 Å². The van der Waals surface area contributed by atoms with E-state index in [0.29, 0.717) is 12.8 Å². The first-order valence-corrected chi connectivity index (χ1v) is 9.45. The summed E-state index contributed by atoms with van der Waals surface area (Å²) in [5.41, 5.74) is -1.25. The molecule has 0 aromatic rings. The molecule has 0 bridgehead atoms. The zero-order valence-corrected chi connectivity index (χ0v) is 13.8. The van der Waals surface area contributed by atoms with Crippen LogP contribution >= 0.6 is 10.7 Å². The molecule has 0 aliphatic heterocycles. The van der Waals surface area contributed by atoms with Gasteiger partial charge in [0.05, 0.1) is 11.3 Å². The molecule has 0 saturated heterocycles. The van der Waals surface area contributed by atoms with Gasteiger partial charge in [-0.15, -0.1) is 0 Å². The molecule has 1 amide bonds. The summed E-state index contributed by atoms with van der Waals surface area (Å²) < 4.78 is 28.4. The van der Waals surface area contributed by atoms with Gasteiger partial charge in [-0.05, 0) is 52.9 Å². The molecule has 0 radical (unpaired) electrons. The van der Waals surface area contributed by atoms with Crippen molar-refractivity contribution in [3.8, 4) is 0 Å². The molecule has 0 atom stereocenters. The molecule has 5 nitrogen and oxygen atoms in total. The van der Waals surface area contributed by atoms with Crippen LogP contribution in [0.3, 0.4) is 0 Å². The van der Waals surface area contributed by atoms with E-state index < -0.39 is 26.3 Å². The van der Waals surface area contributed by atoms with Crippen molar-refractivity contribution in [2.75, 3.05) is 5.75 Å². The van der Waals surface area contributed by atoms with Crippen LogP contribution in [0.25, 0.3) is 0 Å². The normalized spacial score (nSPS) is 22.0. The van der Waals surface area contributed by atoms with E-state index in [-0.39, 0.29) is 11.8 Å². The van der Waals surface area contributed by atoms with Crippen LogP contribution in [0.5, 0.6) is 0 Å². The summed E-state index contributed by atoms with van der Waals surface area (Å²) in [5.74, 6) is -0.183. The number of rotatable bonds is 4. The maximum absolute atomic E-state index is 12.4. The van der Waals surface area contributed by atoms with Gasteiger partial charge in [0.15, 0.2) is 0 Å². The fourth-order valence-corrected chi connectivity index (χ4v) is 4.41. The Morgan fingerprint density at radius 2 is 1.90 bits per heavy atom. The Bertz CT molecular complexity index is 489. The van der Waals surface area contributed by atoms with Crippen molar-refractivity contribution >= 4 is 25.8 Å². The van der Waals surface area contributed by atoms with Gasteiger partial charge in [-0.25, -0.2) is 13.2 Å². The second-order valence-corrected chi connectivity index (χ2v) is 9.62. The Hall–Kier alpha value is -0.490. The third-order valence-corrected chi connectivity index (χ3v) is 4.95. The zero-order chi connectivity index (χ0) is 15.2. The summed E-state index contributed by atoms with van der Waals surface area (Å²) in [6.07, 6.45) is 3.66. The van der Waals surface area contributed by atoms with Crippen LogP contribution < -0.4 is 0 Å². The van der Waals surface area contributed by atoms with Gasteiger partial charge in [0.2, 0.25) is 9.05 Å². The van der Waals surface area contributed by atoms with Crippen molar-refractivity contribution in [2.45, 2.75) is 70.1 Å². The highest BCUT2D eigenvalue weighted by Crippen LogP contribution is 2.45. The molecule has 2 rings (SSSR count). The van der Waals surface area contributed by atoms with Gasteiger partial charge in [0.1, 0.15) is 5.60 Å². The van der Waals surface area contributed by atoms with Gasteiger partial charge < -0.3 is 4.74 Å². The van der Waals surface area contributed by atoms with Gasteiger partial charge in [-0.3, -0.25) is 4.90 Å². The van der Waals surface area contributed by atoms with Crippen molar-refractivity contribution in [1.29, 1.82) is 0 Å². The Balaban J connectivity index is 2.21. The number of halogens is 1. The molecule has 2 aliphatic rings. The number of nitrogens with zero attached hydrogens (tertiary/aromatic N) is 1. The van der Waals surface area contributed by atoms with Crippen LogP contribution in [0, 0.1) is 0 Å². The summed E-state index contributed by atoms with van der Waals surface area (Å²) in [6, 6.07) is 0.101. The maximum Gasteiger partial charge on any atom is 0.411 e. The van der Waals surface area contributed by atoms with Crippen LogP contribution in [-0.4, -0.2) is 42.3 Å². The van der Waals surface area contributed by atoms with Gasteiger partial charge in [0, 0.05) is 16.7 Å². The Kier molecular flexibility index (Phi) is 4.02. The molecule has 0 spiro atoms. The predicted molar refractivity (Wildman–Crippen MR) is 77.3 cm³/mol. The van der Waals surface area contributed by atoms with Crippen LogP contribution in [0.15, 0.2) is 0 Å². The van der Waals surface area contributed by atoms with Gasteiger partial charge in [-0.2, -0.15) is 0 Å². The number of ether oxygens (including phenoxy) is 1. The number of hydrogen-bond acceptors (Lipinski definition) is 4. The van der Waals surface area contributed by atoms with E-state index in [1.807, 2.05) is 20.8 Å². The molecule has 0 heterocycles. The van der Waals surface area contributed by atoms with Crippen LogP contribution in [0.1, 0.15) is 52.9 Å². The summed E-state index contributed by atoms with van der Waals surface area (Å²) >= 11 is 0. The number of carbonyl (C=O) groups is 1. The van der Waals surface area contributed by atoms with E-state index in [0.717, 1.165) is 19.3 Å². The third kappa shape index (κ3) is 3.79. The molecule has 2 aliphatic carbocycles. The highest BCUT2D eigenvalue weighted by Gasteiger charge is 2.53. The van der Waals surface area contributed by atoms with Crippen molar-refractivity contribution in [2.24, 2.45) is 0 Å². The highest BCUT2D eigenvalue weighted by atomic mass is 35.7. The number of hydrogen-bond donors (Lipinski definition) is 0. The standard InChI is InChI=1S/C13H22ClNO4S/c1-12(2,3)19-11(16)15(10-5-6-10)13(7-4-8-13)9-20(14,17)18/h10H,4-9H2,1-3H3. The summed E-state index contributed by atoms with van der Waals surface area (Å²) in [5, 5.41) is 0. The Labute approximate surface area is 125 Å². The minimum Gasteiger partial charge on any atom is -0.444 e. The van der Waals surface area contributed by atoms with E-state index in [1.165, 1.54) is 0 Å². The third-order valence-electron chi connectivity index (χ3n) is 3.74. The van der Waals surface area contributed by atoms with Gasteiger partial charge >= 0.3 is 6.09 Å². The smallest absolute Gasteiger partial charge is 0.411 e. The molecule has 0 unspecified atom stereocenters. The average Bonchev–Trinajstić information content (AvgIpc) is 2.92. The predicted octanol–water partition coefficient (Wildman–Crippen LogP) is 2.88. The van der Waals surface area contributed by atoms with Crippen molar-refractivity contribution in [3.63, 3.8) is 0 Å². The lowest BCUT2D eigenvalue weighted by atomic mass is 9.76. The van der Waals surface area contributed by atoms with Crippen LogP contribution in [0.4, 0.5) is 4.79 Å². The zero-order valence-electron chi connectivity index (χ0n) is 12.2. The van der Waals surface area contributed by atoms with Crippen molar-refractivity contribution < 1.29 is 17.9 Å². The van der Waals surface area contributed by atoms with E-state index in [9.17, 15) is 13.2 Å². The monoisotopic (exact) mass is 323 g/mol. The van der Waals surface area contributed by atoms with Gasteiger partial charge in [0.25, 0.3) is 0 Å². The number of amides is 1. The lowest BCUT2D eigenvalue weighted by Gasteiger charge is -2.49. The minimum absolute atomic E-state index is 0.101. The SMILES string of the molecule is CC(C)(C)OC(=O)N(C1CC1)C1(CS(=O)(=O)Cl)CCC1. The maximum atomic E-state index is 12.4. The molecule has 2 saturated carbocycles. The molecule has 116 valence electrons. The molecule has 0 N–H and O–H groups in total. The topological polar surface area (TPSA) is 63.7 Å². The van der Waals surface area contributed by atoms with E-state index in [1.54, 1.807) is 4.90 Å². The largest absolute Gasteiger partial charge is 0.444 e. The summed E-state index contributed by atoms with van der Waals surface area (Å²) in [4.78, 5) is 14.1. The molecular weight excluding hydrogens is 302 g/mol. The first-order valence-electron chi connectivity index (χ1n) is 6.97. The summed E-state index contributed by atoms with van der Waals surface area (Å²) in [7, 11) is 1.78. The van der Waals surface area contributed by atoms with Crippen LogP contribution in [0.2, 0.25) is 0 Å². The molecule has 7 heteroatoms. The Morgan fingerprint density at radius 1 is 1.35 bits per heavy atom. The molecular formula is C13H22ClNO4S. The first-order chi connectivity index (χ1) is 9.03. The average molecular weight is 324 g/mol. The molecule has 0 aromatic heterocycles. The van der Waals surface area contributed by atoms with Crippen molar-refractivity contribution in [3.05, 3.63) is 0 Å².